The molecule has 0 fully saturated rings. The molecule has 1 aliphatic heterocycles. The van der Waals surface area contributed by atoms with Crippen molar-refractivity contribution in [2.75, 3.05) is 20.8 Å². The first-order chi connectivity index (χ1) is 13.1. The number of methoxy groups -OCH3 is 2. The molecule has 2 aromatic rings. The Hall–Kier alpha value is -2.89. The van der Waals surface area contributed by atoms with Crippen LogP contribution in [0.2, 0.25) is 0 Å². The number of urea groups is 1. The molecule has 6 heteroatoms. The number of rotatable bonds is 7. The summed E-state index contributed by atoms with van der Waals surface area (Å²) in [5.41, 5.74) is 3.39. The quantitative estimate of drug-likeness (QED) is 0.786. The number of ether oxygens (including phenoxy) is 3. The zero-order valence-electron chi connectivity index (χ0n) is 16.0. The Morgan fingerprint density at radius 3 is 2.67 bits per heavy atom. The highest BCUT2D eigenvalue weighted by Crippen LogP contribution is 2.27. The molecule has 0 aliphatic carbocycles. The first-order valence-corrected chi connectivity index (χ1v) is 9.09. The highest BCUT2D eigenvalue weighted by atomic mass is 16.5. The van der Waals surface area contributed by atoms with Gasteiger partial charge < -0.3 is 24.8 Å². The summed E-state index contributed by atoms with van der Waals surface area (Å²) >= 11 is 0. The van der Waals surface area contributed by atoms with Gasteiger partial charge in [-0.15, -0.1) is 0 Å². The van der Waals surface area contributed by atoms with Crippen molar-refractivity contribution in [2.45, 2.75) is 32.4 Å². The Labute approximate surface area is 159 Å². The van der Waals surface area contributed by atoms with Gasteiger partial charge in [0.05, 0.1) is 20.8 Å². The fourth-order valence-electron chi connectivity index (χ4n) is 3.22. The molecule has 1 aliphatic rings. The molecular weight excluding hydrogens is 344 g/mol. The second-order valence-corrected chi connectivity index (χ2v) is 6.66. The minimum atomic E-state index is -0.193. The third kappa shape index (κ3) is 4.84. The summed E-state index contributed by atoms with van der Waals surface area (Å²) in [4.78, 5) is 12.2. The van der Waals surface area contributed by atoms with Crippen LogP contribution in [0.3, 0.4) is 0 Å². The number of carbonyl (C=O) groups is 1. The number of benzene rings is 2. The fourth-order valence-corrected chi connectivity index (χ4v) is 3.22. The van der Waals surface area contributed by atoms with Crippen LogP contribution in [0.15, 0.2) is 36.4 Å². The summed E-state index contributed by atoms with van der Waals surface area (Å²) < 4.78 is 16.0. The summed E-state index contributed by atoms with van der Waals surface area (Å²) in [6, 6.07) is 11.7. The van der Waals surface area contributed by atoms with Crippen LogP contribution in [-0.2, 0) is 19.4 Å². The van der Waals surface area contributed by atoms with Crippen LogP contribution in [0.4, 0.5) is 4.79 Å². The maximum atomic E-state index is 12.2. The monoisotopic (exact) mass is 370 g/mol. The first-order valence-electron chi connectivity index (χ1n) is 9.09. The van der Waals surface area contributed by atoms with E-state index in [9.17, 15) is 4.79 Å². The first kappa shape index (κ1) is 18.9. The number of nitrogens with one attached hydrogen (secondary N) is 2. The molecule has 0 saturated heterocycles. The van der Waals surface area contributed by atoms with Gasteiger partial charge in [0.1, 0.15) is 5.75 Å². The second kappa shape index (κ2) is 8.66. The Bertz CT molecular complexity index is 807. The smallest absolute Gasteiger partial charge is 0.315 e. The zero-order chi connectivity index (χ0) is 19.2. The van der Waals surface area contributed by atoms with Crippen LogP contribution in [0.1, 0.15) is 23.6 Å². The molecule has 0 spiro atoms. The number of hydrogen-bond acceptors (Lipinski definition) is 4. The molecule has 6 nitrogen and oxygen atoms in total. The number of fused-ring (bicyclic) bond motifs is 1. The van der Waals surface area contributed by atoms with Gasteiger partial charge in [-0.1, -0.05) is 18.2 Å². The Morgan fingerprint density at radius 1 is 1.11 bits per heavy atom. The average molecular weight is 370 g/mol. The van der Waals surface area contributed by atoms with Gasteiger partial charge in [0.2, 0.25) is 0 Å². The Kier molecular flexibility index (Phi) is 6.06. The summed E-state index contributed by atoms with van der Waals surface area (Å²) in [6.45, 7) is 3.17. The van der Waals surface area contributed by atoms with Crippen molar-refractivity contribution >= 4 is 6.03 Å². The van der Waals surface area contributed by atoms with Gasteiger partial charge >= 0.3 is 6.03 Å². The standard InChI is InChI=1S/C21H26N2O4/c1-14(10-15-4-6-18-17(11-15)8-9-27-18)23-21(24)22-13-16-5-7-19(25-2)20(12-16)26-3/h4-7,11-12,14H,8-10,13H2,1-3H3,(H2,22,23,24). The van der Waals surface area contributed by atoms with Crippen molar-refractivity contribution in [1.29, 1.82) is 0 Å². The summed E-state index contributed by atoms with van der Waals surface area (Å²) in [5.74, 6) is 2.29. The van der Waals surface area contributed by atoms with Gasteiger partial charge in [0.15, 0.2) is 11.5 Å². The van der Waals surface area contributed by atoms with Gasteiger partial charge in [0.25, 0.3) is 0 Å². The van der Waals surface area contributed by atoms with Gasteiger partial charge in [-0.2, -0.15) is 0 Å². The Morgan fingerprint density at radius 2 is 1.89 bits per heavy atom. The summed E-state index contributed by atoms with van der Waals surface area (Å²) in [6.07, 6.45) is 1.73. The van der Waals surface area contributed by atoms with Crippen molar-refractivity contribution in [3.63, 3.8) is 0 Å². The van der Waals surface area contributed by atoms with E-state index in [0.29, 0.717) is 18.0 Å². The van der Waals surface area contributed by atoms with E-state index in [4.69, 9.17) is 14.2 Å². The molecule has 0 bridgehead atoms. The van der Waals surface area contributed by atoms with E-state index in [0.717, 1.165) is 30.8 Å². The summed E-state index contributed by atoms with van der Waals surface area (Å²) in [5, 5.41) is 5.86. The number of carbonyl (C=O) groups excluding carboxylic acids is 1. The third-order valence-electron chi connectivity index (χ3n) is 4.57. The maximum Gasteiger partial charge on any atom is 0.315 e. The van der Waals surface area contributed by atoms with E-state index in [2.05, 4.69) is 22.8 Å². The van der Waals surface area contributed by atoms with Crippen molar-refractivity contribution in [1.82, 2.24) is 10.6 Å². The highest BCUT2D eigenvalue weighted by molar-refractivity contribution is 5.74. The molecule has 1 unspecified atom stereocenters. The number of amides is 2. The normalized spacial score (nSPS) is 13.3. The maximum absolute atomic E-state index is 12.2. The fraction of sp³-hybridized carbons (Fsp3) is 0.381. The lowest BCUT2D eigenvalue weighted by Gasteiger charge is -2.16. The van der Waals surface area contributed by atoms with Gasteiger partial charge in [-0.05, 0) is 48.2 Å². The average Bonchev–Trinajstić information content (AvgIpc) is 3.13. The van der Waals surface area contributed by atoms with Gasteiger partial charge in [0, 0.05) is 19.0 Å². The van der Waals surface area contributed by atoms with Crippen LogP contribution >= 0.6 is 0 Å². The van der Waals surface area contributed by atoms with E-state index in [-0.39, 0.29) is 12.1 Å². The van der Waals surface area contributed by atoms with Crippen LogP contribution in [0.25, 0.3) is 0 Å². The third-order valence-corrected chi connectivity index (χ3v) is 4.57. The molecular formula is C21H26N2O4. The van der Waals surface area contributed by atoms with Crippen LogP contribution in [0.5, 0.6) is 17.2 Å². The zero-order valence-corrected chi connectivity index (χ0v) is 16.0. The number of hydrogen-bond donors (Lipinski definition) is 2. The predicted octanol–water partition coefficient (Wildman–Crippen LogP) is 3.07. The van der Waals surface area contributed by atoms with Gasteiger partial charge in [-0.3, -0.25) is 0 Å². The molecule has 2 N–H and O–H groups in total. The van der Waals surface area contributed by atoms with E-state index >= 15 is 0 Å². The van der Waals surface area contributed by atoms with Crippen molar-refractivity contribution in [3.05, 3.63) is 53.1 Å². The predicted molar refractivity (Wildman–Crippen MR) is 104 cm³/mol. The van der Waals surface area contributed by atoms with Crippen LogP contribution < -0.4 is 24.8 Å². The molecule has 0 saturated carbocycles. The van der Waals surface area contributed by atoms with E-state index in [1.165, 1.54) is 11.1 Å². The van der Waals surface area contributed by atoms with E-state index < -0.39 is 0 Å². The largest absolute Gasteiger partial charge is 0.493 e. The Balaban J connectivity index is 1.49. The molecule has 1 heterocycles. The second-order valence-electron chi connectivity index (χ2n) is 6.66. The lowest BCUT2D eigenvalue weighted by molar-refractivity contribution is 0.237. The molecule has 1 atom stereocenters. The minimum absolute atomic E-state index is 0.0239. The van der Waals surface area contributed by atoms with E-state index in [1.54, 1.807) is 14.2 Å². The van der Waals surface area contributed by atoms with Crippen molar-refractivity contribution in [3.8, 4) is 17.2 Å². The minimum Gasteiger partial charge on any atom is -0.493 e. The summed E-state index contributed by atoms with van der Waals surface area (Å²) in [7, 11) is 3.19. The molecule has 144 valence electrons. The van der Waals surface area contributed by atoms with Crippen LogP contribution in [-0.4, -0.2) is 32.9 Å². The highest BCUT2D eigenvalue weighted by Gasteiger charge is 2.14. The van der Waals surface area contributed by atoms with Crippen molar-refractivity contribution < 1.29 is 19.0 Å². The topological polar surface area (TPSA) is 68.8 Å². The molecule has 0 aromatic heterocycles. The van der Waals surface area contributed by atoms with Gasteiger partial charge in [-0.25, -0.2) is 4.79 Å². The lowest BCUT2D eigenvalue weighted by Crippen LogP contribution is -2.41. The van der Waals surface area contributed by atoms with E-state index in [1.807, 2.05) is 31.2 Å². The van der Waals surface area contributed by atoms with Crippen LogP contribution in [0, 0.1) is 0 Å². The molecule has 3 rings (SSSR count). The lowest BCUT2D eigenvalue weighted by atomic mass is 10.0. The molecule has 27 heavy (non-hydrogen) atoms. The van der Waals surface area contributed by atoms with Crippen molar-refractivity contribution in [2.24, 2.45) is 0 Å². The molecule has 0 radical (unpaired) electrons. The molecule has 2 amide bonds. The SMILES string of the molecule is COc1ccc(CNC(=O)NC(C)Cc2ccc3c(c2)CCO3)cc1OC. The molecule has 2 aromatic carbocycles.